The van der Waals surface area contributed by atoms with Crippen molar-refractivity contribution in [1.82, 2.24) is 21.5 Å². The molecule has 4 rings (SSSR count). The second-order valence-electron chi connectivity index (χ2n) is 6.67. The molecule has 0 spiro atoms. The first-order chi connectivity index (χ1) is 11.7. The summed E-state index contributed by atoms with van der Waals surface area (Å²) < 4.78 is 0. The van der Waals surface area contributed by atoms with Gasteiger partial charge in [0, 0.05) is 30.7 Å². The molecule has 0 aromatic heterocycles. The number of rotatable bonds is 3. The van der Waals surface area contributed by atoms with Crippen molar-refractivity contribution >= 4 is 17.5 Å². The maximum atomic E-state index is 12.5. The Morgan fingerprint density at radius 2 is 2.12 bits per heavy atom. The van der Waals surface area contributed by atoms with Crippen LogP contribution in [0.2, 0.25) is 0 Å². The third-order valence-electron chi connectivity index (χ3n) is 5.27. The van der Waals surface area contributed by atoms with Gasteiger partial charge in [-0.1, -0.05) is 18.2 Å². The first kappa shape index (κ1) is 15.6. The Kier molecular flexibility index (Phi) is 4.22. The minimum atomic E-state index is -0.290. The molecule has 2 saturated heterocycles. The average molecular weight is 329 g/mol. The number of nitrogens with one attached hydrogen (secondary N) is 4. The van der Waals surface area contributed by atoms with Crippen LogP contribution in [0.3, 0.4) is 0 Å². The van der Waals surface area contributed by atoms with Gasteiger partial charge in [0.25, 0.3) is 0 Å². The molecular formula is C17H23N5O2. The van der Waals surface area contributed by atoms with Crippen LogP contribution in [-0.4, -0.2) is 50.1 Å². The smallest absolute Gasteiger partial charge is 0.246 e. The van der Waals surface area contributed by atoms with Gasteiger partial charge >= 0.3 is 0 Å². The molecular weight excluding hydrogens is 306 g/mol. The van der Waals surface area contributed by atoms with E-state index in [1.807, 2.05) is 24.3 Å². The zero-order chi connectivity index (χ0) is 16.5. The highest BCUT2D eigenvalue weighted by Crippen LogP contribution is 2.27. The molecule has 3 unspecified atom stereocenters. The van der Waals surface area contributed by atoms with Crippen molar-refractivity contribution in [2.45, 2.75) is 24.9 Å². The SMILES string of the molecule is O=C(NCC(=O)N1CCc2ccccc21)C1NNC2CCNCC21. The fourth-order valence-electron chi connectivity index (χ4n) is 3.94. The van der Waals surface area contributed by atoms with Crippen LogP contribution < -0.4 is 26.4 Å². The Hall–Kier alpha value is -1.96. The summed E-state index contributed by atoms with van der Waals surface area (Å²) in [6.07, 6.45) is 1.88. The summed E-state index contributed by atoms with van der Waals surface area (Å²) in [6, 6.07) is 7.97. The molecule has 3 heterocycles. The van der Waals surface area contributed by atoms with Crippen molar-refractivity contribution in [3.8, 4) is 0 Å². The van der Waals surface area contributed by atoms with Gasteiger partial charge < -0.3 is 15.5 Å². The second-order valence-corrected chi connectivity index (χ2v) is 6.67. The largest absolute Gasteiger partial charge is 0.346 e. The van der Waals surface area contributed by atoms with E-state index >= 15 is 0 Å². The summed E-state index contributed by atoms with van der Waals surface area (Å²) in [7, 11) is 0. The lowest BCUT2D eigenvalue weighted by molar-refractivity contribution is -0.126. The third kappa shape index (κ3) is 2.79. The molecule has 0 radical (unpaired) electrons. The van der Waals surface area contributed by atoms with E-state index in [4.69, 9.17) is 0 Å². The molecule has 3 aliphatic rings. The summed E-state index contributed by atoms with van der Waals surface area (Å²) in [6.45, 7) is 2.51. The first-order valence-corrected chi connectivity index (χ1v) is 8.62. The molecule has 24 heavy (non-hydrogen) atoms. The van der Waals surface area contributed by atoms with Crippen LogP contribution in [0.5, 0.6) is 0 Å². The zero-order valence-electron chi connectivity index (χ0n) is 13.5. The second kappa shape index (κ2) is 6.51. The molecule has 2 amide bonds. The molecule has 3 atom stereocenters. The molecule has 0 aliphatic carbocycles. The highest BCUT2D eigenvalue weighted by molar-refractivity contribution is 5.98. The van der Waals surface area contributed by atoms with Crippen molar-refractivity contribution in [3.05, 3.63) is 29.8 Å². The van der Waals surface area contributed by atoms with E-state index in [9.17, 15) is 9.59 Å². The molecule has 128 valence electrons. The van der Waals surface area contributed by atoms with Crippen molar-refractivity contribution in [3.63, 3.8) is 0 Å². The van der Waals surface area contributed by atoms with Gasteiger partial charge in [-0.25, -0.2) is 5.43 Å². The lowest BCUT2D eigenvalue weighted by atomic mass is 9.89. The van der Waals surface area contributed by atoms with Crippen LogP contribution >= 0.6 is 0 Å². The minimum Gasteiger partial charge on any atom is -0.346 e. The summed E-state index contributed by atoms with van der Waals surface area (Å²) in [5, 5.41) is 6.13. The number of anilines is 1. The molecule has 4 N–H and O–H groups in total. The van der Waals surface area contributed by atoms with Crippen LogP contribution in [-0.2, 0) is 16.0 Å². The number of hydrogen-bond donors (Lipinski definition) is 4. The molecule has 7 nitrogen and oxygen atoms in total. The number of carbonyl (C=O) groups is 2. The maximum Gasteiger partial charge on any atom is 0.246 e. The Balaban J connectivity index is 1.34. The number of hydrogen-bond acceptors (Lipinski definition) is 5. The van der Waals surface area contributed by atoms with E-state index in [0.717, 1.165) is 31.6 Å². The molecule has 1 aromatic rings. The van der Waals surface area contributed by atoms with Crippen molar-refractivity contribution in [2.24, 2.45) is 5.92 Å². The number of benzene rings is 1. The van der Waals surface area contributed by atoms with E-state index in [-0.39, 0.29) is 30.3 Å². The fourth-order valence-corrected chi connectivity index (χ4v) is 3.94. The monoisotopic (exact) mass is 329 g/mol. The standard InChI is InChI=1S/C17H23N5O2/c23-15(22-8-6-11-3-1-2-4-14(11)22)10-19-17(24)16-12-9-18-7-5-13(12)20-21-16/h1-4,12-13,16,18,20-21H,5-10H2,(H,19,24). The van der Waals surface area contributed by atoms with E-state index in [1.54, 1.807) is 4.90 Å². The van der Waals surface area contributed by atoms with Crippen molar-refractivity contribution in [1.29, 1.82) is 0 Å². The van der Waals surface area contributed by atoms with Crippen molar-refractivity contribution < 1.29 is 9.59 Å². The lowest BCUT2D eigenvalue weighted by Crippen LogP contribution is -2.51. The number of amides is 2. The number of hydrazine groups is 1. The Morgan fingerprint density at radius 1 is 1.25 bits per heavy atom. The number of nitrogens with zero attached hydrogens (tertiary/aromatic N) is 1. The average Bonchev–Trinajstić information content (AvgIpc) is 3.23. The van der Waals surface area contributed by atoms with E-state index in [0.29, 0.717) is 12.6 Å². The van der Waals surface area contributed by atoms with E-state index in [2.05, 4.69) is 21.5 Å². The van der Waals surface area contributed by atoms with Crippen LogP contribution in [0.1, 0.15) is 12.0 Å². The van der Waals surface area contributed by atoms with E-state index < -0.39 is 0 Å². The predicted molar refractivity (Wildman–Crippen MR) is 90.3 cm³/mol. The normalized spacial score (nSPS) is 28.3. The molecule has 0 bridgehead atoms. The highest BCUT2D eigenvalue weighted by Gasteiger charge is 2.41. The lowest BCUT2D eigenvalue weighted by Gasteiger charge is -2.27. The Morgan fingerprint density at radius 3 is 3.04 bits per heavy atom. The van der Waals surface area contributed by atoms with Crippen LogP contribution in [0, 0.1) is 5.92 Å². The quantitative estimate of drug-likeness (QED) is 0.580. The van der Waals surface area contributed by atoms with Crippen LogP contribution in [0.4, 0.5) is 5.69 Å². The minimum absolute atomic E-state index is 0.0379. The van der Waals surface area contributed by atoms with Gasteiger partial charge in [0.1, 0.15) is 6.04 Å². The van der Waals surface area contributed by atoms with Gasteiger partial charge in [-0.05, 0) is 31.0 Å². The topological polar surface area (TPSA) is 85.5 Å². The Bertz CT molecular complexity index is 650. The van der Waals surface area contributed by atoms with Gasteiger partial charge in [-0.2, -0.15) is 0 Å². The van der Waals surface area contributed by atoms with Gasteiger partial charge in [0.15, 0.2) is 0 Å². The van der Waals surface area contributed by atoms with Gasteiger partial charge in [-0.3, -0.25) is 15.0 Å². The molecule has 0 saturated carbocycles. The van der Waals surface area contributed by atoms with Crippen LogP contribution in [0.25, 0.3) is 0 Å². The molecule has 7 heteroatoms. The van der Waals surface area contributed by atoms with Gasteiger partial charge in [0.2, 0.25) is 11.8 Å². The fraction of sp³-hybridized carbons (Fsp3) is 0.529. The maximum absolute atomic E-state index is 12.5. The molecule has 2 fully saturated rings. The van der Waals surface area contributed by atoms with Gasteiger partial charge in [0.05, 0.1) is 6.54 Å². The summed E-state index contributed by atoms with van der Waals surface area (Å²) in [5.74, 6) is 0.0541. The molecule has 1 aromatic carbocycles. The summed E-state index contributed by atoms with van der Waals surface area (Å²) in [4.78, 5) is 26.7. The summed E-state index contributed by atoms with van der Waals surface area (Å²) in [5.41, 5.74) is 8.44. The number of carbonyl (C=O) groups excluding carboxylic acids is 2. The number of para-hydroxylation sites is 1. The number of fused-ring (bicyclic) bond motifs is 2. The molecule has 3 aliphatic heterocycles. The first-order valence-electron chi connectivity index (χ1n) is 8.62. The van der Waals surface area contributed by atoms with Crippen molar-refractivity contribution in [2.75, 3.05) is 31.1 Å². The van der Waals surface area contributed by atoms with E-state index in [1.165, 1.54) is 5.56 Å². The summed E-state index contributed by atoms with van der Waals surface area (Å²) >= 11 is 0. The zero-order valence-corrected chi connectivity index (χ0v) is 13.5. The van der Waals surface area contributed by atoms with Gasteiger partial charge in [-0.15, -0.1) is 0 Å². The predicted octanol–water partition coefficient (Wildman–Crippen LogP) is -0.854. The third-order valence-corrected chi connectivity index (χ3v) is 5.27. The highest BCUT2D eigenvalue weighted by atomic mass is 16.2. The Labute approximate surface area is 141 Å². The number of piperidine rings is 1. The van der Waals surface area contributed by atoms with Crippen LogP contribution in [0.15, 0.2) is 24.3 Å².